The van der Waals surface area contributed by atoms with Gasteiger partial charge >= 0.3 is 0 Å². The first-order valence-corrected chi connectivity index (χ1v) is 6.58. The number of aromatic nitrogens is 1. The number of aryl methyl sites for hydroxylation is 1. The normalized spacial score (nSPS) is 17.2. The van der Waals surface area contributed by atoms with Crippen LogP contribution in [0.15, 0.2) is 24.4 Å². The lowest BCUT2D eigenvalue weighted by Gasteiger charge is -2.21. The molecule has 1 aromatic carbocycles. The minimum Gasteiger partial charge on any atom is -0.360 e. The molecule has 0 spiro atoms. The van der Waals surface area contributed by atoms with Crippen molar-refractivity contribution in [1.29, 1.82) is 0 Å². The molecule has 2 heterocycles. The molecule has 0 saturated carbocycles. The van der Waals surface area contributed by atoms with E-state index < -0.39 is 0 Å². The fourth-order valence-electron chi connectivity index (χ4n) is 2.75. The van der Waals surface area contributed by atoms with Gasteiger partial charge in [0.15, 0.2) is 5.78 Å². The fraction of sp³-hybridized carbons (Fsp3) is 0.400. The predicted molar refractivity (Wildman–Crippen MR) is 73.0 cm³/mol. The highest BCUT2D eigenvalue weighted by molar-refractivity contribution is 6.09. The summed E-state index contributed by atoms with van der Waals surface area (Å²) in [6.07, 6.45) is 3.78. The summed E-state index contributed by atoms with van der Waals surface area (Å²) in [5, 5.41) is 4.36. The van der Waals surface area contributed by atoms with E-state index in [9.17, 15) is 4.79 Å². The molecule has 1 aromatic heterocycles. The van der Waals surface area contributed by atoms with Crippen molar-refractivity contribution < 1.29 is 4.79 Å². The largest absolute Gasteiger partial charge is 0.360 e. The SMILES string of the molecule is Cc1ccc2c(C(=O)C3CCNCC3)c[nH]c2c1. The topological polar surface area (TPSA) is 44.9 Å². The van der Waals surface area contributed by atoms with Crippen LogP contribution in [0.4, 0.5) is 0 Å². The van der Waals surface area contributed by atoms with Gasteiger partial charge in [0.1, 0.15) is 0 Å². The molecule has 18 heavy (non-hydrogen) atoms. The summed E-state index contributed by atoms with van der Waals surface area (Å²) in [6.45, 7) is 3.98. The van der Waals surface area contributed by atoms with E-state index in [0.717, 1.165) is 42.4 Å². The molecule has 3 nitrogen and oxygen atoms in total. The maximum Gasteiger partial charge on any atom is 0.168 e. The standard InChI is InChI=1S/C15H18N2O/c1-10-2-3-12-13(9-17-14(12)8-10)15(18)11-4-6-16-7-5-11/h2-3,8-9,11,16-17H,4-7H2,1H3. The van der Waals surface area contributed by atoms with Crippen molar-refractivity contribution in [1.82, 2.24) is 10.3 Å². The average Bonchev–Trinajstić information content (AvgIpc) is 2.81. The number of ketones is 1. The van der Waals surface area contributed by atoms with E-state index in [0.29, 0.717) is 5.78 Å². The summed E-state index contributed by atoms with van der Waals surface area (Å²) in [4.78, 5) is 15.7. The van der Waals surface area contributed by atoms with Crippen molar-refractivity contribution in [2.75, 3.05) is 13.1 Å². The van der Waals surface area contributed by atoms with Crippen LogP contribution in [0, 0.1) is 12.8 Å². The van der Waals surface area contributed by atoms with Gasteiger partial charge in [0.25, 0.3) is 0 Å². The van der Waals surface area contributed by atoms with Crippen molar-refractivity contribution in [2.45, 2.75) is 19.8 Å². The van der Waals surface area contributed by atoms with Crippen molar-refractivity contribution in [3.8, 4) is 0 Å². The van der Waals surface area contributed by atoms with Crippen LogP contribution in [-0.2, 0) is 0 Å². The molecular formula is C15H18N2O. The first kappa shape index (κ1) is 11.5. The number of rotatable bonds is 2. The van der Waals surface area contributed by atoms with Gasteiger partial charge in [-0.1, -0.05) is 12.1 Å². The van der Waals surface area contributed by atoms with Crippen LogP contribution >= 0.6 is 0 Å². The quantitative estimate of drug-likeness (QED) is 0.795. The van der Waals surface area contributed by atoms with Crippen LogP contribution in [0.1, 0.15) is 28.8 Å². The second-order valence-corrected chi connectivity index (χ2v) is 5.14. The average molecular weight is 242 g/mol. The highest BCUT2D eigenvalue weighted by Crippen LogP contribution is 2.25. The Morgan fingerprint density at radius 1 is 1.28 bits per heavy atom. The summed E-state index contributed by atoms with van der Waals surface area (Å²) >= 11 is 0. The number of hydrogen-bond donors (Lipinski definition) is 2. The number of Topliss-reactive ketones (excluding diaryl/α,β-unsaturated/α-hetero) is 1. The van der Waals surface area contributed by atoms with Crippen LogP contribution in [-0.4, -0.2) is 23.9 Å². The Kier molecular flexibility index (Phi) is 2.92. The number of piperidine rings is 1. The molecule has 0 atom stereocenters. The molecule has 1 aliphatic heterocycles. The molecule has 0 aliphatic carbocycles. The second-order valence-electron chi connectivity index (χ2n) is 5.14. The van der Waals surface area contributed by atoms with E-state index in [2.05, 4.69) is 35.4 Å². The van der Waals surface area contributed by atoms with Gasteiger partial charge in [-0.25, -0.2) is 0 Å². The number of H-pyrrole nitrogens is 1. The Bertz CT molecular complexity index is 579. The van der Waals surface area contributed by atoms with Gasteiger partial charge in [0, 0.05) is 28.6 Å². The number of hydrogen-bond acceptors (Lipinski definition) is 2. The number of carbonyl (C=O) groups excluding carboxylic acids is 1. The lowest BCUT2D eigenvalue weighted by atomic mass is 9.89. The number of benzene rings is 1. The van der Waals surface area contributed by atoms with Crippen molar-refractivity contribution in [3.05, 3.63) is 35.5 Å². The monoisotopic (exact) mass is 242 g/mol. The van der Waals surface area contributed by atoms with Gasteiger partial charge in [0.05, 0.1) is 0 Å². The van der Waals surface area contributed by atoms with E-state index in [1.54, 1.807) is 0 Å². The van der Waals surface area contributed by atoms with Crippen LogP contribution in [0.2, 0.25) is 0 Å². The Hall–Kier alpha value is -1.61. The van der Waals surface area contributed by atoms with Crippen molar-refractivity contribution >= 4 is 16.7 Å². The van der Waals surface area contributed by atoms with Crippen LogP contribution in [0.25, 0.3) is 10.9 Å². The molecule has 3 rings (SSSR count). The summed E-state index contributed by atoms with van der Waals surface area (Å²) < 4.78 is 0. The molecule has 0 unspecified atom stereocenters. The molecule has 0 bridgehead atoms. The number of carbonyl (C=O) groups is 1. The minimum absolute atomic E-state index is 0.187. The summed E-state index contributed by atoms with van der Waals surface area (Å²) in [6, 6.07) is 6.21. The Morgan fingerprint density at radius 3 is 2.83 bits per heavy atom. The smallest absolute Gasteiger partial charge is 0.168 e. The summed E-state index contributed by atoms with van der Waals surface area (Å²) in [7, 11) is 0. The number of fused-ring (bicyclic) bond motifs is 1. The molecule has 3 heteroatoms. The van der Waals surface area contributed by atoms with Crippen LogP contribution in [0.5, 0.6) is 0 Å². The van der Waals surface area contributed by atoms with E-state index >= 15 is 0 Å². The van der Waals surface area contributed by atoms with Gasteiger partial charge in [-0.05, 0) is 44.5 Å². The van der Waals surface area contributed by atoms with E-state index in [-0.39, 0.29) is 5.92 Å². The molecule has 2 aromatic rings. The number of nitrogens with one attached hydrogen (secondary N) is 2. The minimum atomic E-state index is 0.187. The van der Waals surface area contributed by atoms with Gasteiger partial charge < -0.3 is 10.3 Å². The third kappa shape index (κ3) is 1.95. The molecule has 2 N–H and O–H groups in total. The second kappa shape index (κ2) is 4.58. The molecular weight excluding hydrogens is 224 g/mol. The van der Waals surface area contributed by atoms with E-state index in [1.165, 1.54) is 5.56 Å². The zero-order valence-electron chi connectivity index (χ0n) is 10.6. The van der Waals surface area contributed by atoms with Crippen LogP contribution < -0.4 is 5.32 Å². The lowest BCUT2D eigenvalue weighted by Crippen LogP contribution is -2.31. The molecule has 1 fully saturated rings. The van der Waals surface area contributed by atoms with Gasteiger partial charge in [-0.2, -0.15) is 0 Å². The van der Waals surface area contributed by atoms with E-state index in [4.69, 9.17) is 0 Å². The number of aromatic amines is 1. The maximum absolute atomic E-state index is 12.5. The molecule has 0 amide bonds. The molecule has 0 radical (unpaired) electrons. The Balaban J connectivity index is 1.96. The highest BCUT2D eigenvalue weighted by atomic mass is 16.1. The third-order valence-corrected chi connectivity index (χ3v) is 3.81. The van der Waals surface area contributed by atoms with Crippen LogP contribution in [0.3, 0.4) is 0 Å². The third-order valence-electron chi connectivity index (χ3n) is 3.81. The summed E-state index contributed by atoms with van der Waals surface area (Å²) in [5.41, 5.74) is 3.13. The Morgan fingerprint density at radius 2 is 2.06 bits per heavy atom. The summed E-state index contributed by atoms with van der Waals surface area (Å²) in [5.74, 6) is 0.484. The molecule has 1 saturated heterocycles. The highest BCUT2D eigenvalue weighted by Gasteiger charge is 2.24. The zero-order chi connectivity index (χ0) is 12.5. The first-order valence-electron chi connectivity index (χ1n) is 6.58. The van der Waals surface area contributed by atoms with Gasteiger partial charge in [-0.15, -0.1) is 0 Å². The predicted octanol–water partition coefficient (Wildman–Crippen LogP) is 2.66. The fourth-order valence-corrected chi connectivity index (χ4v) is 2.75. The van der Waals surface area contributed by atoms with Gasteiger partial charge in [-0.3, -0.25) is 4.79 Å². The van der Waals surface area contributed by atoms with Crippen molar-refractivity contribution in [3.63, 3.8) is 0 Å². The molecule has 94 valence electrons. The first-order chi connectivity index (χ1) is 8.75. The van der Waals surface area contributed by atoms with Crippen molar-refractivity contribution in [2.24, 2.45) is 5.92 Å². The van der Waals surface area contributed by atoms with E-state index in [1.807, 2.05) is 6.20 Å². The molecule has 1 aliphatic rings. The zero-order valence-corrected chi connectivity index (χ0v) is 10.6. The Labute approximate surface area is 107 Å². The lowest BCUT2D eigenvalue weighted by molar-refractivity contribution is 0.0897. The maximum atomic E-state index is 12.5. The van der Waals surface area contributed by atoms with Gasteiger partial charge in [0.2, 0.25) is 0 Å².